The van der Waals surface area contributed by atoms with E-state index in [0.29, 0.717) is 6.42 Å². The Morgan fingerprint density at radius 2 is 2.43 bits per heavy atom. The third-order valence-corrected chi connectivity index (χ3v) is 1.27. The lowest BCUT2D eigenvalue weighted by Gasteiger charge is -1.89. The summed E-state index contributed by atoms with van der Waals surface area (Å²) in [5, 5.41) is 0.865. The van der Waals surface area contributed by atoms with Crippen molar-refractivity contribution in [3.05, 3.63) is 0 Å². The summed E-state index contributed by atoms with van der Waals surface area (Å²) in [6.07, 6.45) is 0.331. The molecule has 0 aromatic carbocycles. The van der Waals surface area contributed by atoms with Crippen molar-refractivity contribution >= 4 is 15.9 Å². The van der Waals surface area contributed by atoms with Gasteiger partial charge in [-0.25, -0.2) is 0 Å². The molecule has 0 aliphatic carbocycles. The molecule has 1 heteroatoms. The third kappa shape index (κ3) is 6.48. The molecule has 0 bridgehead atoms. The maximum atomic E-state index is 7.24. The van der Waals surface area contributed by atoms with E-state index in [-0.39, 0.29) is 0 Å². The number of unbranched alkanes of at least 4 members (excludes halogenated alkanes) is 1. The molecule has 0 atom stereocenters. The van der Waals surface area contributed by atoms with Gasteiger partial charge in [0, 0.05) is 10.8 Å². The Morgan fingerprint density at radius 3 is 3.00 bits per heavy atom. The van der Waals surface area contributed by atoms with Crippen molar-refractivity contribution in [1.29, 1.82) is 0 Å². The van der Waals surface area contributed by atoms with E-state index in [1.165, 1.54) is 0 Å². The van der Waals surface area contributed by atoms with Crippen LogP contribution in [0.4, 0.5) is 0 Å². The van der Waals surface area contributed by atoms with Crippen molar-refractivity contribution in [2.75, 3.05) is 5.33 Å². The van der Waals surface area contributed by atoms with Gasteiger partial charge in [0.1, 0.15) is 0 Å². The van der Waals surface area contributed by atoms with Gasteiger partial charge in [-0.1, -0.05) is 42.0 Å². The predicted molar refractivity (Wildman–Crippen MR) is 37.9 cm³/mol. The van der Waals surface area contributed by atoms with E-state index in [2.05, 4.69) is 15.9 Å². The zero-order valence-corrected chi connectivity index (χ0v) is 5.87. The summed E-state index contributed by atoms with van der Waals surface area (Å²) in [6, 6.07) is 0. The molecule has 0 aliphatic heterocycles. The summed E-state index contributed by atoms with van der Waals surface area (Å²) < 4.78 is 28.3. The van der Waals surface area contributed by atoms with Gasteiger partial charge in [-0.05, 0) is 6.42 Å². The first-order chi connectivity index (χ1) is 5.00. The summed E-state index contributed by atoms with van der Waals surface area (Å²) in [4.78, 5) is 0. The SMILES string of the molecule is [2H]C([2H])C([2H])([2H])CCCCBr. The van der Waals surface area contributed by atoms with Gasteiger partial charge in [0.2, 0.25) is 0 Å². The van der Waals surface area contributed by atoms with Gasteiger partial charge < -0.3 is 0 Å². The molecule has 0 heterocycles. The van der Waals surface area contributed by atoms with Crippen LogP contribution < -0.4 is 0 Å². The van der Waals surface area contributed by atoms with E-state index in [4.69, 9.17) is 5.48 Å². The van der Waals surface area contributed by atoms with Crippen LogP contribution in [-0.4, -0.2) is 5.33 Å². The van der Waals surface area contributed by atoms with E-state index in [1.807, 2.05) is 0 Å². The molecule has 0 unspecified atom stereocenters. The third-order valence-electron chi connectivity index (χ3n) is 0.705. The fourth-order valence-corrected chi connectivity index (χ4v) is 0.718. The molecule has 0 aromatic rings. The number of hydrogen-bond donors (Lipinski definition) is 0. The molecule has 0 radical (unpaired) electrons. The van der Waals surface area contributed by atoms with Crippen molar-refractivity contribution in [3.63, 3.8) is 0 Å². The molecule has 0 aliphatic rings. The Morgan fingerprint density at radius 1 is 1.57 bits per heavy atom. The molecule has 0 N–H and O–H groups in total. The van der Waals surface area contributed by atoms with E-state index in [0.717, 1.165) is 18.2 Å². The van der Waals surface area contributed by atoms with Crippen LogP contribution in [0, 0.1) is 0 Å². The van der Waals surface area contributed by atoms with Crippen LogP contribution in [0.25, 0.3) is 0 Å². The lowest BCUT2D eigenvalue weighted by molar-refractivity contribution is 0.708. The van der Waals surface area contributed by atoms with Crippen molar-refractivity contribution in [2.45, 2.75) is 32.5 Å². The van der Waals surface area contributed by atoms with Crippen LogP contribution in [0.15, 0.2) is 0 Å². The first-order valence-electron chi connectivity index (χ1n) is 4.56. The van der Waals surface area contributed by atoms with Gasteiger partial charge in [-0.2, -0.15) is 0 Å². The Kier molecular flexibility index (Phi) is 2.65. The molecule has 0 rings (SSSR count). The van der Waals surface area contributed by atoms with Crippen LogP contribution in [0.1, 0.15) is 38.0 Å². The maximum Gasteiger partial charge on any atom is 0.0264 e. The lowest BCUT2D eigenvalue weighted by atomic mass is 10.2. The van der Waals surface area contributed by atoms with Crippen molar-refractivity contribution < 1.29 is 5.48 Å². The van der Waals surface area contributed by atoms with Crippen LogP contribution >= 0.6 is 15.9 Å². The molecule has 7 heavy (non-hydrogen) atoms. The van der Waals surface area contributed by atoms with Crippen LogP contribution in [0.2, 0.25) is 0 Å². The highest BCUT2D eigenvalue weighted by Crippen LogP contribution is 1.99. The first-order valence-corrected chi connectivity index (χ1v) is 3.53. The summed E-state index contributed by atoms with van der Waals surface area (Å²) in [5.74, 6) is 0. The highest BCUT2D eigenvalue weighted by molar-refractivity contribution is 9.09. The monoisotopic (exact) mass is 168 g/mol. The highest BCUT2D eigenvalue weighted by Gasteiger charge is 1.81. The molecule has 0 nitrogen and oxygen atoms in total. The average Bonchev–Trinajstić information content (AvgIpc) is 1.88. The van der Waals surface area contributed by atoms with Gasteiger partial charge in [-0.15, -0.1) is 0 Å². The normalized spacial score (nSPS) is 20.3. The van der Waals surface area contributed by atoms with Crippen molar-refractivity contribution in [2.24, 2.45) is 0 Å². The second-order valence-corrected chi connectivity index (χ2v) is 2.14. The lowest BCUT2D eigenvalue weighted by Crippen LogP contribution is -1.73. The summed E-state index contributed by atoms with van der Waals surface area (Å²) >= 11 is 3.24. The summed E-state index contributed by atoms with van der Waals surface area (Å²) in [7, 11) is 0. The molecular weight excluding hydrogens is 152 g/mol. The molecule has 0 saturated heterocycles. The zero-order valence-electron chi connectivity index (χ0n) is 8.28. The Labute approximate surface area is 60.1 Å². The fraction of sp³-hybridized carbons (Fsp3) is 1.00. The van der Waals surface area contributed by atoms with E-state index < -0.39 is 13.2 Å². The van der Waals surface area contributed by atoms with Crippen LogP contribution in [0.5, 0.6) is 0 Å². The maximum absolute atomic E-state index is 7.24. The number of hydrogen-bond acceptors (Lipinski definition) is 0. The van der Waals surface area contributed by atoms with Gasteiger partial charge in [0.25, 0.3) is 0 Å². The van der Waals surface area contributed by atoms with E-state index in [1.54, 1.807) is 0 Å². The summed E-state index contributed by atoms with van der Waals surface area (Å²) in [5.41, 5.74) is 0. The minimum Gasteiger partial charge on any atom is -0.0928 e. The molecule has 44 valence electrons. The van der Waals surface area contributed by atoms with Crippen LogP contribution in [0.3, 0.4) is 0 Å². The highest BCUT2D eigenvalue weighted by atomic mass is 79.9. The fourth-order valence-electron chi connectivity index (χ4n) is 0.322. The first kappa shape index (κ1) is 2.86. The topological polar surface area (TPSA) is 0 Å². The second-order valence-electron chi connectivity index (χ2n) is 1.35. The molecule has 0 fully saturated rings. The van der Waals surface area contributed by atoms with Crippen LogP contribution in [-0.2, 0) is 0 Å². The zero-order chi connectivity index (χ0) is 8.91. The van der Waals surface area contributed by atoms with Gasteiger partial charge in [0.15, 0.2) is 0 Å². The molecule has 0 amide bonds. The standard InChI is InChI=1S/C6H13Br/c1-2-3-4-5-6-7/h2-6H2,1H3/i1D2,2D2. The minimum atomic E-state index is -1.64. The Hall–Kier alpha value is 0.480. The second kappa shape index (κ2) is 6.48. The molecule has 0 saturated carbocycles. The molecule has 0 spiro atoms. The van der Waals surface area contributed by atoms with Crippen molar-refractivity contribution in [1.82, 2.24) is 0 Å². The number of halogens is 1. The Balaban J connectivity index is 3.55. The molecular formula is C6H13Br. The number of rotatable bonds is 4. The van der Waals surface area contributed by atoms with Gasteiger partial charge in [0.05, 0.1) is 0 Å². The minimum absolute atomic E-state index is 0.316. The Bertz CT molecular complexity index is 105. The summed E-state index contributed by atoms with van der Waals surface area (Å²) in [6.45, 7) is -1.36. The van der Waals surface area contributed by atoms with E-state index in [9.17, 15) is 0 Å². The van der Waals surface area contributed by atoms with Gasteiger partial charge >= 0.3 is 0 Å². The van der Waals surface area contributed by atoms with E-state index >= 15 is 0 Å². The van der Waals surface area contributed by atoms with Gasteiger partial charge in [-0.3, -0.25) is 0 Å². The quantitative estimate of drug-likeness (QED) is 0.448. The smallest absolute Gasteiger partial charge is 0.0264 e. The predicted octanol–water partition coefficient (Wildman–Crippen LogP) is 2.96. The largest absolute Gasteiger partial charge is 0.0928 e. The van der Waals surface area contributed by atoms with Crippen molar-refractivity contribution in [3.8, 4) is 0 Å². The average molecular weight is 169 g/mol. The number of alkyl halides is 1. The molecule has 0 aromatic heterocycles.